The molecule has 0 amide bonds. The van der Waals surface area contributed by atoms with Gasteiger partial charge in [0.1, 0.15) is 5.75 Å². The summed E-state index contributed by atoms with van der Waals surface area (Å²) < 4.78 is 0. The number of rotatable bonds is 1. The van der Waals surface area contributed by atoms with Gasteiger partial charge in [-0.2, -0.15) is 0 Å². The standard InChI is InChI=1S/C8H11NO.C2H6/c1-9(2)7-4-3-5-8(10)6-7;1-2/h3-6,10H,1-2H3;1-2H3. The monoisotopic (exact) mass is 167 g/mol. The highest BCUT2D eigenvalue weighted by molar-refractivity contribution is 5.48. The van der Waals surface area contributed by atoms with Crippen molar-refractivity contribution in [2.75, 3.05) is 19.0 Å². The Bertz CT molecular complexity index is 221. The summed E-state index contributed by atoms with van der Waals surface area (Å²) in [5.41, 5.74) is 1.01. The maximum atomic E-state index is 9.04. The Balaban J connectivity index is 0.000000561. The van der Waals surface area contributed by atoms with Crippen LogP contribution in [0.4, 0.5) is 5.69 Å². The highest BCUT2D eigenvalue weighted by atomic mass is 16.3. The zero-order valence-electron chi connectivity index (χ0n) is 8.20. The number of anilines is 1. The molecule has 68 valence electrons. The van der Waals surface area contributed by atoms with Crippen LogP contribution in [0.5, 0.6) is 5.75 Å². The van der Waals surface area contributed by atoms with E-state index in [9.17, 15) is 0 Å². The lowest BCUT2D eigenvalue weighted by molar-refractivity contribution is 0.475. The third-order valence-electron chi connectivity index (χ3n) is 1.35. The van der Waals surface area contributed by atoms with Gasteiger partial charge in [-0.1, -0.05) is 19.9 Å². The largest absolute Gasteiger partial charge is 0.508 e. The number of phenolic OH excluding ortho intramolecular Hbond substituents is 1. The molecule has 1 aromatic carbocycles. The molecule has 1 N–H and O–H groups in total. The van der Waals surface area contributed by atoms with Crippen LogP contribution in [0.1, 0.15) is 13.8 Å². The molecule has 0 spiro atoms. The first kappa shape index (κ1) is 10.8. The van der Waals surface area contributed by atoms with Gasteiger partial charge in [-0.3, -0.25) is 0 Å². The van der Waals surface area contributed by atoms with Crippen molar-refractivity contribution in [3.63, 3.8) is 0 Å². The van der Waals surface area contributed by atoms with Gasteiger partial charge in [-0.25, -0.2) is 0 Å². The molecule has 1 aromatic rings. The molecular weight excluding hydrogens is 150 g/mol. The quantitative estimate of drug-likeness (QED) is 0.694. The maximum absolute atomic E-state index is 9.04. The van der Waals surface area contributed by atoms with Gasteiger partial charge in [0.25, 0.3) is 0 Å². The molecule has 0 heterocycles. The first-order valence-electron chi connectivity index (χ1n) is 4.16. The fourth-order valence-corrected chi connectivity index (χ4v) is 0.771. The van der Waals surface area contributed by atoms with Crippen molar-refractivity contribution in [3.05, 3.63) is 24.3 Å². The first-order valence-corrected chi connectivity index (χ1v) is 4.16. The molecule has 2 heteroatoms. The van der Waals surface area contributed by atoms with Crippen LogP contribution in [-0.2, 0) is 0 Å². The first-order chi connectivity index (χ1) is 5.70. The lowest BCUT2D eigenvalue weighted by atomic mass is 10.3. The molecule has 0 aromatic heterocycles. The maximum Gasteiger partial charge on any atom is 0.117 e. The smallest absolute Gasteiger partial charge is 0.117 e. The van der Waals surface area contributed by atoms with E-state index in [1.54, 1.807) is 12.1 Å². The molecule has 12 heavy (non-hydrogen) atoms. The minimum atomic E-state index is 0.311. The van der Waals surface area contributed by atoms with Crippen molar-refractivity contribution >= 4 is 5.69 Å². The van der Waals surface area contributed by atoms with E-state index >= 15 is 0 Å². The van der Waals surface area contributed by atoms with Crippen LogP contribution in [-0.4, -0.2) is 19.2 Å². The Labute approximate surface area is 74.5 Å². The number of benzene rings is 1. The molecule has 1 rings (SSSR count). The molecule has 0 saturated carbocycles. The van der Waals surface area contributed by atoms with Gasteiger partial charge in [-0.05, 0) is 12.1 Å². The van der Waals surface area contributed by atoms with Crippen molar-refractivity contribution in [1.82, 2.24) is 0 Å². The van der Waals surface area contributed by atoms with Crippen LogP contribution in [0, 0.1) is 0 Å². The van der Waals surface area contributed by atoms with Crippen molar-refractivity contribution in [1.29, 1.82) is 0 Å². The van der Waals surface area contributed by atoms with Crippen LogP contribution in [0.3, 0.4) is 0 Å². The summed E-state index contributed by atoms with van der Waals surface area (Å²) >= 11 is 0. The highest BCUT2D eigenvalue weighted by Gasteiger charge is 1.93. The molecule has 0 aliphatic carbocycles. The molecule has 0 saturated heterocycles. The highest BCUT2D eigenvalue weighted by Crippen LogP contribution is 2.16. The summed E-state index contributed by atoms with van der Waals surface area (Å²) in [4.78, 5) is 1.94. The van der Waals surface area contributed by atoms with Gasteiger partial charge >= 0.3 is 0 Å². The Morgan fingerprint density at radius 3 is 2.08 bits per heavy atom. The van der Waals surface area contributed by atoms with Gasteiger partial charge < -0.3 is 10.0 Å². The number of aromatic hydroxyl groups is 1. The molecule has 0 aliphatic rings. The van der Waals surface area contributed by atoms with Crippen LogP contribution < -0.4 is 4.90 Å². The number of hydrogen-bond donors (Lipinski definition) is 1. The zero-order chi connectivity index (χ0) is 9.56. The van der Waals surface area contributed by atoms with E-state index in [1.165, 1.54) is 0 Å². The van der Waals surface area contributed by atoms with Gasteiger partial charge in [0.05, 0.1) is 0 Å². The minimum Gasteiger partial charge on any atom is -0.508 e. The molecular formula is C10H17NO. The summed E-state index contributed by atoms with van der Waals surface area (Å²) in [6, 6.07) is 7.15. The average molecular weight is 167 g/mol. The Hall–Kier alpha value is -1.18. The van der Waals surface area contributed by atoms with Crippen LogP contribution in [0.15, 0.2) is 24.3 Å². The number of nitrogens with zero attached hydrogens (tertiary/aromatic N) is 1. The summed E-state index contributed by atoms with van der Waals surface area (Å²) in [7, 11) is 3.88. The second-order valence-corrected chi connectivity index (χ2v) is 2.41. The summed E-state index contributed by atoms with van der Waals surface area (Å²) in [5.74, 6) is 0.311. The topological polar surface area (TPSA) is 23.5 Å². The third kappa shape index (κ3) is 3.28. The molecule has 0 fully saturated rings. The number of phenols is 1. The molecule has 0 atom stereocenters. The van der Waals surface area contributed by atoms with E-state index in [-0.39, 0.29) is 0 Å². The van der Waals surface area contributed by atoms with Gasteiger partial charge in [0.15, 0.2) is 0 Å². The van der Waals surface area contributed by atoms with Crippen molar-refractivity contribution in [2.45, 2.75) is 13.8 Å². The fraction of sp³-hybridized carbons (Fsp3) is 0.400. The van der Waals surface area contributed by atoms with E-state index < -0.39 is 0 Å². The molecule has 0 aliphatic heterocycles. The van der Waals surface area contributed by atoms with Gasteiger partial charge in [0.2, 0.25) is 0 Å². The van der Waals surface area contributed by atoms with Crippen molar-refractivity contribution in [2.24, 2.45) is 0 Å². The normalized spacial score (nSPS) is 8.33. The SMILES string of the molecule is CC.CN(C)c1cccc(O)c1. The predicted octanol–water partition coefficient (Wildman–Crippen LogP) is 2.48. The van der Waals surface area contributed by atoms with Gasteiger partial charge in [0, 0.05) is 25.8 Å². The van der Waals surface area contributed by atoms with Gasteiger partial charge in [-0.15, -0.1) is 0 Å². The second-order valence-electron chi connectivity index (χ2n) is 2.41. The van der Waals surface area contributed by atoms with Crippen LogP contribution in [0.25, 0.3) is 0 Å². The van der Waals surface area contributed by atoms with E-state index in [0.29, 0.717) is 5.75 Å². The van der Waals surface area contributed by atoms with Crippen LogP contribution in [0.2, 0.25) is 0 Å². The zero-order valence-corrected chi connectivity index (χ0v) is 8.20. The fourth-order valence-electron chi connectivity index (χ4n) is 0.771. The van der Waals surface area contributed by atoms with Crippen molar-refractivity contribution < 1.29 is 5.11 Å². The Morgan fingerprint density at radius 2 is 1.75 bits per heavy atom. The molecule has 0 radical (unpaired) electrons. The third-order valence-corrected chi connectivity index (χ3v) is 1.35. The predicted molar refractivity (Wildman–Crippen MR) is 53.8 cm³/mol. The average Bonchev–Trinajstić information content (AvgIpc) is 2.08. The summed E-state index contributed by atoms with van der Waals surface area (Å²) in [6.45, 7) is 4.00. The molecule has 0 bridgehead atoms. The summed E-state index contributed by atoms with van der Waals surface area (Å²) in [5, 5.41) is 9.04. The van der Waals surface area contributed by atoms with Crippen molar-refractivity contribution in [3.8, 4) is 5.75 Å². The van der Waals surface area contributed by atoms with Crippen LogP contribution >= 0.6 is 0 Å². The number of hydrogen-bond acceptors (Lipinski definition) is 2. The van der Waals surface area contributed by atoms with E-state index in [1.807, 2.05) is 45.0 Å². The van der Waals surface area contributed by atoms with E-state index in [4.69, 9.17) is 5.11 Å². The minimum absolute atomic E-state index is 0.311. The van der Waals surface area contributed by atoms with E-state index in [0.717, 1.165) is 5.69 Å². The molecule has 2 nitrogen and oxygen atoms in total. The molecule has 0 unspecified atom stereocenters. The summed E-state index contributed by atoms with van der Waals surface area (Å²) in [6.07, 6.45) is 0. The Morgan fingerprint density at radius 1 is 1.17 bits per heavy atom. The lowest BCUT2D eigenvalue weighted by Gasteiger charge is -2.11. The lowest BCUT2D eigenvalue weighted by Crippen LogP contribution is -2.07. The van der Waals surface area contributed by atoms with E-state index in [2.05, 4.69) is 0 Å². The second kappa shape index (κ2) is 5.47. The Kier molecular flexibility index (Phi) is 4.93.